The first-order valence-corrected chi connectivity index (χ1v) is 11.6. The number of aromatic nitrogens is 3. The molecule has 1 aromatic carbocycles. The SMILES string of the molecule is Cc1ccc(C(=O)N2CCN(C(=O)c3nnn4c3COC(c3ccc(Cl)cc3)C4)CC2)s1. The number of carbonyl (C=O) groups is 2. The normalized spacial score (nSPS) is 18.5. The molecule has 0 bridgehead atoms. The van der Waals surface area contributed by atoms with Gasteiger partial charge in [0.15, 0.2) is 5.69 Å². The second-order valence-corrected chi connectivity index (χ2v) is 9.64. The smallest absolute Gasteiger partial charge is 0.276 e. The number of ether oxygens (including phenoxy) is 1. The van der Waals surface area contributed by atoms with Crippen LogP contribution in [0.25, 0.3) is 0 Å². The average Bonchev–Trinajstić information content (AvgIpc) is 3.44. The molecule has 0 aliphatic carbocycles. The third kappa shape index (κ3) is 4.03. The maximum atomic E-state index is 13.1. The molecule has 8 nitrogen and oxygen atoms in total. The summed E-state index contributed by atoms with van der Waals surface area (Å²) in [4.78, 5) is 31.2. The molecule has 1 atom stereocenters. The van der Waals surface area contributed by atoms with E-state index in [-0.39, 0.29) is 24.5 Å². The van der Waals surface area contributed by atoms with E-state index in [1.807, 2.05) is 43.3 Å². The Balaban J connectivity index is 1.23. The molecule has 1 fully saturated rings. The van der Waals surface area contributed by atoms with Crippen molar-refractivity contribution >= 4 is 34.8 Å². The van der Waals surface area contributed by atoms with Crippen molar-refractivity contribution < 1.29 is 14.3 Å². The highest BCUT2D eigenvalue weighted by molar-refractivity contribution is 7.13. The lowest BCUT2D eigenvalue weighted by Crippen LogP contribution is -2.50. The number of hydrogen-bond acceptors (Lipinski definition) is 6. The van der Waals surface area contributed by atoms with Gasteiger partial charge in [0, 0.05) is 36.1 Å². The molecular formula is C22H22ClN5O3S. The number of fused-ring (bicyclic) bond motifs is 1. The van der Waals surface area contributed by atoms with E-state index in [0.29, 0.717) is 49.1 Å². The number of benzene rings is 1. The van der Waals surface area contributed by atoms with Gasteiger partial charge in [0.25, 0.3) is 11.8 Å². The first kappa shape index (κ1) is 21.1. The molecule has 2 amide bonds. The van der Waals surface area contributed by atoms with Crippen molar-refractivity contribution in [2.75, 3.05) is 26.2 Å². The highest BCUT2D eigenvalue weighted by atomic mass is 35.5. The molecule has 5 rings (SSSR count). The first-order chi connectivity index (χ1) is 15.5. The third-order valence-electron chi connectivity index (χ3n) is 5.85. The molecule has 1 saturated heterocycles. The number of rotatable bonds is 3. The summed E-state index contributed by atoms with van der Waals surface area (Å²) >= 11 is 7.47. The third-order valence-corrected chi connectivity index (χ3v) is 7.09. The Bertz CT molecular complexity index is 1150. The Morgan fingerprint density at radius 1 is 1.03 bits per heavy atom. The van der Waals surface area contributed by atoms with Crippen molar-refractivity contribution in [3.05, 3.63) is 68.1 Å². The fourth-order valence-electron chi connectivity index (χ4n) is 4.02. The van der Waals surface area contributed by atoms with Crippen molar-refractivity contribution in [2.45, 2.75) is 26.2 Å². The van der Waals surface area contributed by atoms with Gasteiger partial charge in [0.1, 0.15) is 6.10 Å². The molecule has 2 aromatic heterocycles. The van der Waals surface area contributed by atoms with Gasteiger partial charge in [0.2, 0.25) is 0 Å². The minimum Gasteiger partial charge on any atom is -0.365 e. The Hall–Kier alpha value is -2.75. The van der Waals surface area contributed by atoms with Crippen molar-refractivity contribution in [3.8, 4) is 0 Å². The Kier molecular flexibility index (Phi) is 5.71. The molecule has 32 heavy (non-hydrogen) atoms. The number of hydrogen-bond donors (Lipinski definition) is 0. The van der Waals surface area contributed by atoms with Crippen LogP contribution < -0.4 is 0 Å². The minimum atomic E-state index is -0.168. The molecule has 0 saturated carbocycles. The number of thiophene rings is 1. The van der Waals surface area contributed by atoms with Gasteiger partial charge in [-0.2, -0.15) is 0 Å². The zero-order valence-corrected chi connectivity index (χ0v) is 19.1. The maximum Gasteiger partial charge on any atom is 0.276 e. The van der Waals surface area contributed by atoms with Crippen molar-refractivity contribution in [2.24, 2.45) is 0 Å². The second-order valence-electron chi connectivity index (χ2n) is 7.91. The van der Waals surface area contributed by atoms with Crippen LogP contribution in [-0.4, -0.2) is 62.8 Å². The highest BCUT2D eigenvalue weighted by Gasteiger charge is 2.32. The molecule has 3 aromatic rings. The summed E-state index contributed by atoms with van der Waals surface area (Å²) in [7, 11) is 0. The van der Waals surface area contributed by atoms with E-state index in [1.165, 1.54) is 11.3 Å². The topological polar surface area (TPSA) is 80.6 Å². The van der Waals surface area contributed by atoms with Crippen molar-refractivity contribution in [1.82, 2.24) is 24.8 Å². The lowest BCUT2D eigenvalue weighted by Gasteiger charge is -2.34. The molecule has 2 aliphatic heterocycles. The van der Waals surface area contributed by atoms with Crippen LogP contribution in [0.3, 0.4) is 0 Å². The summed E-state index contributed by atoms with van der Waals surface area (Å²) < 4.78 is 7.74. The first-order valence-electron chi connectivity index (χ1n) is 10.4. The zero-order valence-electron chi connectivity index (χ0n) is 17.5. The number of halogens is 1. The second kappa shape index (κ2) is 8.65. The van der Waals surface area contributed by atoms with E-state index in [0.717, 1.165) is 15.3 Å². The summed E-state index contributed by atoms with van der Waals surface area (Å²) in [6.07, 6.45) is -0.167. The quantitative estimate of drug-likeness (QED) is 0.586. The van der Waals surface area contributed by atoms with Gasteiger partial charge < -0.3 is 14.5 Å². The minimum absolute atomic E-state index is 0.0258. The van der Waals surface area contributed by atoms with Gasteiger partial charge in [-0.25, -0.2) is 4.68 Å². The number of aryl methyl sites for hydroxylation is 1. The van der Waals surface area contributed by atoms with E-state index in [1.54, 1.807) is 14.5 Å². The van der Waals surface area contributed by atoms with E-state index >= 15 is 0 Å². The molecule has 4 heterocycles. The van der Waals surface area contributed by atoms with E-state index in [2.05, 4.69) is 10.3 Å². The predicted octanol–water partition coefficient (Wildman–Crippen LogP) is 3.17. The van der Waals surface area contributed by atoms with Crippen molar-refractivity contribution in [3.63, 3.8) is 0 Å². The van der Waals surface area contributed by atoms with E-state index in [4.69, 9.17) is 16.3 Å². The predicted molar refractivity (Wildman–Crippen MR) is 120 cm³/mol. The van der Waals surface area contributed by atoms with Crippen LogP contribution in [0.1, 0.15) is 42.4 Å². The van der Waals surface area contributed by atoms with Gasteiger partial charge in [-0.3, -0.25) is 9.59 Å². The molecule has 0 spiro atoms. The molecule has 2 aliphatic rings. The van der Waals surface area contributed by atoms with E-state index in [9.17, 15) is 9.59 Å². The maximum absolute atomic E-state index is 13.1. The van der Waals surface area contributed by atoms with Crippen LogP contribution >= 0.6 is 22.9 Å². The molecule has 0 radical (unpaired) electrons. The lowest BCUT2D eigenvalue weighted by atomic mass is 10.1. The number of amides is 2. The Morgan fingerprint density at radius 2 is 1.72 bits per heavy atom. The Morgan fingerprint density at radius 3 is 2.38 bits per heavy atom. The molecule has 0 N–H and O–H groups in total. The lowest BCUT2D eigenvalue weighted by molar-refractivity contribution is -0.00202. The summed E-state index contributed by atoms with van der Waals surface area (Å²) in [5.74, 6) is -0.142. The van der Waals surface area contributed by atoms with Crippen LogP contribution in [0.4, 0.5) is 0 Å². The van der Waals surface area contributed by atoms with Gasteiger partial charge in [-0.05, 0) is 36.8 Å². The Labute approximate surface area is 194 Å². The fourth-order valence-corrected chi connectivity index (χ4v) is 4.99. The molecule has 166 valence electrons. The van der Waals surface area contributed by atoms with Gasteiger partial charge in [-0.15, -0.1) is 16.4 Å². The van der Waals surface area contributed by atoms with Crippen molar-refractivity contribution in [1.29, 1.82) is 0 Å². The van der Waals surface area contributed by atoms with Crippen LogP contribution in [0, 0.1) is 6.92 Å². The molecule has 1 unspecified atom stereocenters. The van der Waals surface area contributed by atoms with Gasteiger partial charge in [0.05, 0.1) is 23.7 Å². The summed E-state index contributed by atoms with van der Waals surface area (Å²) in [6, 6.07) is 11.3. The summed E-state index contributed by atoms with van der Waals surface area (Å²) in [5.41, 5.74) is 2.02. The summed E-state index contributed by atoms with van der Waals surface area (Å²) in [6.45, 7) is 4.67. The summed E-state index contributed by atoms with van der Waals surface area (Å²) in [5, 5.41) is 9.03. The van der Waals surface area contributed by atoms with Crippen LogP contribution in [-0.2, 0) is 17.9 Å². The van der Waals surface area contributed by atoms with Crippen LogP contribution in [0.2, 0.25) is 5.02 Å². The number of carbonyl (C=O) groups excluding carboxylic acids is 2. The standard InChI is InChI=1S/C22H22ClN5O3S/c1-14-2-7-19(32-14)21(29)26-8-10-27(11-9-26)22(30)20-17-13-31-18(12-28(17)25-24-20)15-3-5-16(23)6-4-15/h2-7,18H,8-13H2,1H3. The van der Waals surface area contributed by atoms with Crippen LogP contribution in [0.15, 0.2) is 36.4 Å². The number of nitrogens with zero attached hydrogens (tertiary/aromatic N) is 5. The highest BCUT2D eigenvalue weighted by Crippen LogP contribution is 2.28. The fraction of sp³-hybridized carbons (Fsp3) is 0.364. The van der Waals surface area contributed by atoms with Crippen LogP contribution in [0.5, 0.6) is 0 Å². The van der Waals surface area contributed by atoms with Gasteiger partial charge >= 0.3 is 0 Å². The van der Waals surface area contributed by atoms with E-state index < -0.39 is 0 Å². The monoisotopic (exact) mass is 471 g/mol. The zero-order chi connectivity index (χ0) is 22.2. The molecule has 10 heteroatoms. The molecular weight excluding hydrogens is 450 g/mol. The van der Waals surface area contributed by atoms with Gasteiger partial charge in [-0.1, -0.05) is 28.9 Å². The largest absolute Gasteiger partial charge is 0.365 e. The number of piperazine rings is 1. The average molecular weight is 472 g/mol.